The summed E-state index contributed by atoms with van der Waals surface area (Å²) in [4.78, 5) is 38.3. The molecule has 0 radical (unpaired) electrons. The normalized spacial score (nSPS) is 12.6. The molecule has 0 N–H and O–H groups in total. The van der Waals surface area contributed by atoms with Gasteiger partial charge in [-0.05, 0) is 89.9 Å². The quantitative estimate of drug-likeness (QED) is 0.0261. The molecule has 0 spiro atoms. The summed E-state index contributed by atoms with van der Waals surface area (Å²) in [5.74, 6) is -0.883. The standard InChI is InChI=1S/C71H124O6/c1-4-7-10-13-16-19-22-24-26-28-30-32-33-34-35-36-37-39-40-42-44-46-49-52-55-58-61-64-70(73)76-67-68(66-75-69(72)63-60-57-54-51-48-21-18-15-12-9-6-3)77-71(74)65-62-59-56-53-50-47-45-43-41-38-31-29-27-25-23-20-17-14-11-8-5-2/h7,10,15-16,18-19,24,26,30,32,34-35,37,39,68H,4-6,8-9,11-14,17,20-23,25,27-29,31,33,36,38,40-67H2,1-3H3/b10-7-,18-15-,19-16-,26-24-,32-30-,35-34-,39-37-. The zero-order valence-electron chi connectivity index (χ0n) is 51.0. The number of ether oxygens (including phenoxy) is 3. The Bertz CT molecular complexity index is 1470. The molecule has 1 atom stereocenters. The molecule has 0 fully saturated rings. The average Bonchev–Trinajstić information content (AvgIpc) is 3.43. The van der Waals surface area contributed by atoms with Crippen LogP contribution in [0.15, 0.2) is 85.1 Å². The minimum Gasteiger partial charge on any atom is -0.462 e. The first-order valence-corrected chi connectivity index (χ1v) is 33.1. The molecule has 0 aliphatic carbocycles. The maximum atomic E-state index is 12.9. The number of esters is 3. The van der Waals surface area contributed by atoms with E-state index in [4.69, 9.17) is 14.2 Å². The van der Waals surface area contributed by atoms with E-state index in [0.717, 1.165) is 109 Å². The van der Waals surface area contributed by atoms with Crippen LogP contribution in [0.25, 0.3) is 0 Å². The van der Waals surface area contributed by atoms with E-state index in [-0.39, 0.29) is 31.1 Å². The molecule has 0 amide bonds. The van der Waals surface area contributed by atoms with Crippen molar-refractivity contribution in [1.29, 1.82) is 0 Å². The Hall–Kier alpha value is -3.41. The van der Waals surface area contributed by atoms with Crippen molar-refractivity contribution < 1.29 is 28.6 Å². The summed E-state index contributed by atoms with van der Waals surface area (Å²) in [5, 5.41) is 0. The maximum absolute atomic E-state index is 12.9. The van der Waals surface area contributed by atoms with Gasteiger partial charge < -0.3 is 14.2 Å². The Labute approximate surface area is 477 Å². The monoisotopic (exact) mass is 1070 g/mol. The van der Waals surface area contributed by atoms with E-state index in [0.29, 0.717) is 19.3 Å². The minimum atomic E-state index is -0.782. The lowest BCUT2D eigenvalue weighted by atomic mass is 10.0. The lowest BCUT2D eigenvalue weighted by Crippen LogP contribution is -2.30. The van der Waals surface area contributed by atoms with Gasteiger partial charge in [-0.25, -0.2) is 0 Å². The molecule has 1 unspecified atom stereocenters. The molecule has 6 nitrogen and oxygen atoms in total. The molecule has 0 aromatic rings. The van der Waals surface area contributed by atoms with Gasteiger partial charge in [0.1, 0.15) is 13.2 Å². The van der Waals surface area contributed by atoms with Crippen molar-refractivity contribution in [1.82, 2.24) is 0 Å². The summed E-state index contributed by atoms with van der Waals surface area (Å²) < 4.78 is 16.9. The number of rotatable bonds is 60. The molecule has 444 valence electrons. The van der Waals surface area contributed by atoms with Crippen LogP contribution in [0, 0.1) is 0 Å². The Balaban J connectivity index is 4.27. The van der Waals surface area contributed by atoms with E-state index in [1.54, 1.807) is 0 Å². The van der Waals surface area contributed by atoms with E-state index in [9.17, 15) is 14.4 Å². The van der Waals surface area contributed by atoms with Gasteiger partial charge in [-0.1, -0.05) is 305 Å². The highest BCUT2D eigenvalue weighted by Crippen LogP contribution is 2.17. The highest BCUT2D eigenvalue weighted by molar-refractivity contribution is 5.71. The Kier molecular flexibility index (Phi) is 62.2. The van der Waals surface area contributed by atoms with E-state index in [1.165, 1.54) is 180 Å². The third-order valence-corrected chi connectivity index (χ3v) is 14.4. The van der Waals surface area contributed by atoms with Crippen LogP contribution in [0.3, 0.4) is 0 Å². The number of unbranched alkanes of at least 4 members (excludes halogenated alkanes) is 35. The van der Waals surface area contributed by atoms with Crippen LogP contribution in [0.5, 0.6) is 0 Å². The molecule has 0 aromatic heterocycles. The fourth-order valence-electron chi connectivity index (χ4n) is 9.43. The van der Waals surface area contributed by atoms with Crippen molar-refractivity contribution in [3.8, 4) is 0 Å². The summed E-state index contributed by atoms with van der Waals surface area (Å²) >= 11 is 0. The van der Waals surface area contributed by atoms with Crippen LogP contribution >= 0.6 is 0 Å². The SMILES string of the molecule is CC/C=C\C/C=C\C/C=C\C/C=C\C/C=C\C/C=C\CCCCCCCCCCC(=O)OCC(COC(=O)CCCCCCC/C=C\CCCC)OC(=O)CCCCCCCCCCCCCCCCCCCCCCC. The Morgan fingerprint density at radius 1 is 0.273 bits per heavy atom. The van der Waals surface area contributed by atoms with Crippen molar-refractivity contribution >= 4 is 17.9 Å². The number of hydrogen-bond donors (Lipinski definition) is 0. The van der Waals surface area contributed by atoms with E-state index >= 15 is 0 Å². The first-order valence-electron chi connectivity index (χ1n) is 33.1. The van der Waals surface area contributed by atoms with Gasteiger partial charge in [0.25, 0.3) is 0 Å². The lowest BCUT2D eigenvalue weighted by molar-refractivity contribution is -0.167. The lowest BCUT2D eigenvalue weighted by Gasteiger charge is -2.18. The van der Waals surface area contributed by atoms with Crippen LogP contribution < -0.4 is 0 Å². The maximum Gasteiger partial charge on any atom is 0.306 e. The molecule has 0 saturated carbocycles. The average molecular weight is 1070 g/mol. The summed E-state index contributed by atoms with van der Waals surface area (Å²) in [5.41, 5.74) is 0. The van der Waals surface area contributed by atoms with Gasteiger partial charge in [-0.2, -0.15) is 0 Å². The summed E-state index contributed by atoms with van der Waals surface area (Å²) in [6.45, 7) is 6.51. The van der Waals surface area contributed by atoms with Crippen LogP contribution in [0.1, 0.15) is 329 Å². The molecule has 0 aromatic carbocycles. The molecular formula is C71H124O6. The fraction of sp³-hybridized carbons (Fsp3) is 0.761. The molecule has 0 rings (SSSR count). The first-order chi connectivity index (χ1) is 38.0. The van der Waals surface area contributed by atoms with Gasteiger partial charge >= 0.3 is 17.9 Å². The van der Waals surface area contributed by atoms with Gasteiger partial charge in [0.05, 0.1) is 0 Å². The summed E-state index contributed by atoms with van der Waals surface area (Å²) in [6.07, 6.45) is 86.0. The topological polar surface area (TPSA) is 78.9 Å². The highest BCUT2D eigenvalue weighted by atomic mass is 16.6. The zero-order chi connectivity index (χ0) is 55.7. The number of carbonyl (C=O) groups is 3. The fourth-order valence-corrected chi connectivity index (χ4v) is 9.43. The van der Waals surface area contributed by atoms with Crippen LogP contribution in [0.4, 0.5) is 0 Å². The smallest absolute Gasteiger partial charge is 0.306 e. The first kappa shape index (κ1) is 73.6. The molecule has 0 bridgehead atoms. The van der Waals surface area contributed by atoms with Crippen molar-refractivity contribution in [3.05, 3.63) is 85.1 Å². The minimum absolute atomic E-state index is 0.0804. The highest BCUT2D eigenvalue weighted by Gasteiger charge is 2.19. The third kappa shape index (κ3) is 63.3. The second-order valence-electron chi connectivity index (χ2n) is 22.0. The molecule has 6 heteroatoms. The van der Waals surface area contributed by atoms with Gasteiger partial charge in [0, 0.05) is 19.3 Å². The Morgan fingerprint density at radius 2 is 0.519 bits per heavy atom. The van der Waals surface area contributed by atoms with Gasteiger partial charge in [-0.15, -0.1) is 0 Å². The van der Waals surface area contributed by atoms with E-state index in [1.807, 2.05) is 0 Å². The van der Waals surface area contributed by atoms with Crippen molar-refractivity contribution in [3.63, 3.8) is 0 Å². The van der Waals surface area contributed by atoms with E-state index < -0.39 is 6.10 Å². The van der Waals surface area contributed by atoms with Crippen molar-refractivity contribution in [2.45, 2.75) is 335 Å². The molecule has 0 saturated heterocycles. The predicted octanol–water partition coefficient (Wildman–Crippen LogP) is 22.7. The summed E-state index contributed by atoms with van der Waals surface area (Å²) in [6, 6.07) is 0. The summed E-state index contributed by atoms with van der Waals surface area (Å²) in [7, 11) is 0. The molecule has 0 aliphatic heterocycles. The zero-order valence-corrected chi connectivity index (χ0v) is 51.0. The molecule has 0 heterocycles. The van der Waals surface area contributed by atoms with Crippen LogP contribution in [0.2, 0.25) is 0 Å². The molecule has 0 aliphatic rings. The van der Waals surface area contributed by atoms with Crippen LogP contribution in [-0.4, -0.2) is 37.2 Å². The van der Waals surface area contributed by atoms with Crippen molar-refractivity contribution in [2.75, 3.05) is 13.2 Å². The second kappa shape index (κ2) is 65.1. The number of hydrogen-bond acceptors (Lipinski definition) is 6. The number of allylic oxidation sites excluding steroid dienone is 14. The van der Waals surface area contributed by atoms with Gasteiger partial charge in [0.15, 0.2) is 6.10 Å². The Morgan fingerprint density at radius 3 is 0.844 bits per heavy atom. The third-order valence-electron chi connectivity index (χ3n) is 14.4. The van der Waals surface area contributed by atoms with Gasteiger partial charge in [-0.3, -0.25) is 14.4 Å². The predicted molar refractivity (Wildman–Crippen MR) is 334 cm³/mol. The molecular weight excluding hydrogens is 949 g/mol. The molecule has 77 heavy (non-hydrogen) atoms. The van der Waals surface area contributed by atoms with Crippen LogP contribution in [-0.2, 0) is 28.6 Å². The van der Waals surface area contributed by atoms with Crippen molar-refractivity contribution in [2.24, 2.45) is 0 Å². The van der Waals surface area contributed by atoms with Gasteiger partial charge in [0.2, 0.25) is 0 Å². The largest absolute Gasteiger partial charge is 0.462 e. The second-order valence-corrected chi connectivity index (χ2v) is 22.0. The number of carbonyl (C=O) groups excluding carboxylic acids is 3. The van der Waals surface area contributed by atoms with E-state index in [2.05, 4.69) is 106 Å².